The Bertz CT molecular complexity index is 3540. The molecule has 3 aromatic carbocycles. The van der Waals surface area contributed by atoms with Crippen molar-refractivity contribution >= 4 is 180 Å². The van der Waals surface area contributed by atoms with Crippen LogP contribution in [0.25, 0.3) is 45.4 Å². The molecule has 0 bridgehead atoms. The maximum absolute atomic E-state index is 8.64. The van der Waals surface area contributed by atoms with E-state index in [9.17, 15) is 0 Å². The maximum Gasteiger partial charge on any atom is 1.00 e. The molecule has 0 atom stereocenters. The fraction of sp³-hybridized carbons (Fsp3) is 0.0976. The number of H-pyrrole nitrogens is 1. The number of nitrogens with one attached hydrogen (secondary N) is 2. The van der Waals surface area contributed by atoms with Gasteiger partial charge in [0.05, 0.1) is 29.1 Å². The summed E-state index contributed by atoms with van der Waals surface area (Å²) >= 11 is 28.1. The Balaban J connectivity index is 0.000000975. The number of ether oxygens (including phenoxy) is 1. The molecular weight excluding hydrogens is 1290 g/mol. The number of pyridine rings is 2. The normalized spacial score (nSPS) is 9.79. The smallest absolute Gasteiger partial charge is 1.00 e. The van der Waals surface area contributed by atoms with E-state index in [0.29, 0.717) is 55.9 Å². The largest absolute Gasteiger partial charge is 1.00 e. The van der Waals surface area contributed by atoms with E-state index in [0.717, 1.165) is 38.5 Å². The Kier molecular flexibility index (Phi) is 36.1. The number of carbonyl (C=O) groups is 1. The monoisotopic (exact) mass is 1320 g/mol. The number of hydrogen-bond donors (Lipinski definition) is 5. The Labute approximate surface area is 573 Å². The van der Waals surface area contributed by atoms with E-state index < -0.39 is 0 Å². The first-order chi connectivity index (χ1) is 36.2. The summed E-state index contributed by atoms with van der Waals surface area (Å²) < 4.78 is 20.8. The van der Waals surface area contributed by atoms with Gasteiger partial charge in [0.1, 0.15) is 11.2 Å². The number of aromatic nitrogens is 10. The van der Waals surface area contributed by atoms with Crippen LogP contribution in [-0.4, -0.2) is 75.4 Å². The zero-order valence-corrected chi connectivity index (χ0v) is 56.5. The zero-order chi connectivity index (χ0) is 54.5. The molecular formula is C41H40Cl3K2N15O7S9. The molecule has 9 rings (SSSR count). The number of fused-ring (bicyclic) bond motifs is 1. The Morgan fingerprint density at radius 2 is 1.25 bits per heavy atom. The Hall–Kier alpha value is -2.80. The number of anilines is 5. The van der Waals surface area contributed by atoms with Gasteiger partial charge in [-0.3, -0.25) is 15.1 Å². The number of benzene rings is 3. The molecule has 0 saturated heterocycles. The molecule has 0 aliphatic carbocycles. The quantitative estimate of drug-likeness (QED) is 0.0364. The van der Waals surface area contributed by atoms with Gasteiger partial charge in [-0.15, -0.1) is 27.1 Å². The number of hydrogen-bond acceptors (Lipinski definition) is 24. The van der Waals surface area contributed by atoms with Crippen LogP contribution in [0.4, 0.5) is 35.4 Å². The number of nitrogens with zero attached hydrogens (tertiary/aromatic N) is 10. The summed E-state index contributed by atoms with van der Waals surface area (Å²) in [4.78, 5) is 31.0. The number of aromatic amines is 1. The van der Waals surface area contributed by atoms with Crippen LogP contribution < -0.4 is 135 Å². The number of nitrogens with two attached hydrogens (primary N) is 3. The standard InChI is InChI=1S/C15H11ClN6O.C11H10ClN3OS.C8H6ClN3O.C6H9N3O.CH2O3.2K.S8.H2.H/c1-8-12-11(6-7-17-8)18-14(19-12)20-15-22-21-13(23-15)9-2-4-10(16)5-3-9;1-7(17-2)13-11-15-14-10(16-11)8-3-5-9(12)6-4-8;9-6-3-1-5(2-4-6)7-11-12-8(10)13-7;1-10-6-5(8)4(7)2-3-9-6;2-1-4-3;;;1-3-5-7-8-6-4-2;;/h2-7H,1H3,(H2,18,19,20,22);3-6H,1-2H3;1-4H,(H2,10,12);2-3H,8H2,1H3,(H2,7,9);1,3H;;;;1H;/q;;;;;2*+1;;;-1/p-1. The minimum atomic E-state index is -0.181. The number of rotatable bonds is 8. The van der Waals surface area contributed by atoms with E-state index in [4.69, 9.17) is 80.0 Å². The van der Waals surface area contributed by atoms with Crippen molar-refractivity contribution in [3.8, 4) is 40.2 Å². The zero-order valence-electron chi connectivity index (χ0n) is 41.7. The van der Waals surface area contributed by atoms with Crippen molar-refractivity contribution in [1.29, 1.82) is 0 Å². The molecule has 77 heavy (non-hydrogen) atoms. The molecule has 6 aromatic heterocycles. The van der Waals surface area contributed by atoms with Crippen LogP contribution in [0.5, 0.6) is 5.88 Å². The Morgan fingerprint density at radius 3 is 1.70 bits per heavy atom. The number of imidazole rings is 1. The molecule has 6 heterocycles. The van der Waals surface area contributed by atoms with Gasteiger partial charge >= 0.3 is 121 Å². The number of thioether (sulfide) groups is 1. The van der Waals surface area contributed by atoms with Gasteiger partial charge in [-0.1, -0.05) is 50.1 Å². The van der Waals surface area contributed by atoms with Gasteiger partial charge in [0.25, 0.3) is 6.47 Å². The predicted molar refractivity (Wildman–Crippen MR) is 316 cm³/mol. The summed E-state index contributed by atoms with van der Waals surface area (Å²) in [6, 6.07) is 25.5. The number of nitrogen functional groups attached to an aromatic ring is 3. The summed E-state index contributed by atoms with van der Waals surface area (Å²) in [7, 11) is 10.6. The first-order valence-electron chi connectivity index (χ1n) is 19.9. The van der Waals surface area contributed by atoms with E-state index in [1.807, 2.05) is 50.4 Å². The van der Waals surface area contributed by atoms with Gasteiger partial charge in [0, 0.05) is 121 Å². The third kappa shape index (κ3) is 25.7. The van der Waals surface area contributed by atoms with Gasteiger partial charge in [-0.05, 0) is 105 Å². The second-order valence-electron chi connectivity index (χ2n) is 13.0. The molecule has 0 fully saturated rings. The molecule has 0 spiro atoms. The predicted octanol–water partition coefficient (Wildman–Crippen LogP) is 2.53. The van der Waals surface area contributed by atoms with Crippen molar-refractivity contribution in [3.05, 3.63) is 118 Å². The average Bonchev–Trinajstić information content (AvgIpc) is 4.28. The maximum atomic E-state index is 8.64. The molecule has 36 heteroatoms. The molecule has 398 valence electrons. The van der Waals surface area contributed by atoms with Crippen LogP contribution >= 0.6 is 46.6 Å². The van der Waals surface area contributed by atoms with Crippen molar-refractivity contribution < 1.29 is 139 Å². The van der Waals surface area contributed by atoms with Crippen molar-refractivity contribution in [3.63, 3.8) is 0 Å². The van der Waals surface area contributed by atoms with Crippen LogP contribution in [0.15, 0.2) is 116 Å². The second kappa shape index (κ2) is 39.6. The summed E-state index contributed by atoms with van der Waals surface area (Å²) in [5.41, 5.74) is 22.0. The van der Waals surface area contributed by atoms with Gasteiger partial charge < -0.3 is 51.7 Å². The fourth-order valence-corrected chi connectivity index (χ4v) is 16.5. The number of aryl methyl sites for hydroxylation is 1. The molecule has 0 aliphatic heterocycles. The summed E-state index contributed by atoms with van der Waals surface area (Å²) in [5.74, 6) is 2.13. The van der Waals surface area contributed by atoms with Gasteiger partial charge in [-0.25, -0.2) is 9.97 Å². The molecule has 0 amide bonds. The van der Waals surface area contributed by atoms with Crippen molar-refractivity contribution in [2.75, 3.05) is 35.9 Å². The van der Waals surface area contributed by atoms with E-state index in [2.05, 4.69) is 88.1 Å². The molecule has 0 aliphatic rings. The molecule has 9 aromatic rings. The SMILES string of the molecule is COc1nccc(N)c1N.CSC(C)=Nc1nnc(-c2ccc(Cl)cc2)o1.Cc1nccc2[nH]c(Nc3nnc(-c4ccc(Cl)cc4)o3)nc12.Nc1nnc(-c2ccc(Cl)cc2)o1.O=CO[O-].S=S=S=S=S=S=S=S.[H-].[HH].[K+].[K+]. The molecule has 0 radical (unpaired) electrons. The molecule has 0 unspecified atom stereocenters. The number of halogens is 3. The van der Waals surface area contributed by atoms with Crippen molar-refractivity contribution in [1.82, 2.24) is 50.5 Å². The summed E-state index contributed by atoms with van der Waals surface area (Å²) in [5, 5.41) is 37.3. The minimum Gasteiger partial charge on any atom is -1.00 e. The minimum absolute atomic E-state index is 0. The van der Waals surface area contributed by atoms with Gasteiger partial charge in [0.2, 0.25) is 29.5 Å². The number of methoxy groups -OCH3 is 1. The molecule has 22 nitrogen and oxygen atoms in total. The molecule has 0 saturated carbocycles. The Morgan fingerprint density at radius 1 is 0.753 bits per heavy atom. The van der Waals surface area contributed by atoms with Crippen LogP contribution in [0.1, 0.15) is 15.5 Å². The third-order valence-corrected chi connectivity index (χ3v) is 20.8. The number of carbonyl (C=O) groups excluding carboxylic acids is 1. The third-order valence-electron chi connectivity index (χ3n) is 8.27. The van der Waals surface area contributed by atoms with Gasteiger partial charge in [0.15, 0.2) is 0 Å². The van der Waals surface area contributed by atoms with E-state index >= 15 is 0 Å². The summed E-state index contributed by atoms with van der Waals surface area (Å²) in [6.45, 7) is 3.61. The van der Waals surface area contributed by atoms with E-state index in [1.54, 1.807) is 103 Å². The summed E-state index contributed by atoms with van der Waals surface area (Å²) in [6.07, 6.45) is 5.21. The first kappa shape index (κ1) is 70.3. The first-order valence-corrected chi connectivity index (χ1v) is 31.6. The van der Waals surface area contributed by atoms with Crippen LogP contribution in [0.3, 0.4) is 0 Å². The second-order valence-corrected chi connectivity index (χ2v) is 26.0. The topological polar surface area (TPSA) is 332 Å². The average molecular weight is 1330 g/mol. The fourth-order valence-electron chi connectivity index (χ4n) is 4.98. The van der Waals surface area contributed by atoms with Crippen LogP contribution in [-0.2, 0) is 85.3 Å². The van der Waals surface area contributed by atoms with E-state index in [-0.39, 0.29) is 130 Å². The molecule has 8 N–H and O–H groups in total. The van der Waals surface area contributed by atoms with Crippen LogP contribution in [0, 0.1) is 6.92 Å². The van der Waals surface area contributed by atoms with Crippen LogP contribution in [0.2, 0.25) is 15.1 Å². The van der Waals surface area contributed by atoms with Crippen molar-refractivity contribution in [2.24, 2.45) is 4.99 Å². The van der Waals surface area contributed by atoms with Crippen molar-refractivity contribution in [2.45, 2.75) is 13.8 Å². The number of aliphatic imine (C=N–C) groups is 1. The van der Waals surface area contributed by atoms with Gasteiger partial charge in [-0.2, -0.15) is 4.99 Å². The van der Waals surface area contributed by atoms with E-state index in [1.165, 1.54) is 36.6 Å².